The van der Waals surface area contributed by atoms with Gasteiger partial charge in [-0.05, 0) is 62.1 Å². The highest BCUT2D eigenvalue weighted by Gasteiger charge is 2.47. The van der Waals surface area contributed by atoms with Crippen molar-refractivity contribution in [2.24, 2.45) is 5.41 Å². The number of hydrogen-bond donors (Lipinski definition) is 0. The van der Waals surface area contributed by atoms with E-state index in [1.807, 2.05) is 32.0 Å². The van der Waals surface area contributed by atoms with Gasteiger partial charge in [-0.1, -0.05) is 70.5 Å². The van der Waals surface area contributed by atoms with Gasteiger partial charge in [0.05, 0.1) is 11.3 Å². The maximum atomic E-state index is 14.4. The molecule has 0 saturated carbocycles. The summed E-state index contributed by atoms with van der Waals surface area (Å²) in [6, 6.07) is 13.1. The number of amides is 1. The first-order chi connectivity index (χ1) is 17.6. The number of hydrogen-bond acceptors (Lipinski definition) is 5. The van der Waals surface area contributed by atoms with Crippen molar-refractivity contribution < 1.29 is 18.0 Å². The molecule has 6 nitrogen and oxygen atoms in total. The molecule has 0 radical (unpaired) electrons. The van der Waals surface area contributed by atoms with Crippen LogP contribution in [0.1, 0.15) is 89.0 Å². The quantitative estimate of drug-likeness (QED) is 0.312. The summed E-state index contributed by atoms with van der Waals surface area (Å²) in [7, 11) is -3.69. The van der Waals surface area contributed by atoms with Crippen LogP contribution in [0.5, 0.6) is 0 Å². The van der Waals surface area contributed by atoms with Crippen LogP contribution in [0.4, 0.5) is 0 Å². The fourth-order valence-corrected chi connectivity index (χ4v) is 8.01. The molecular weight excluding hydrogens is 484 g/mol. The predicted octanol–water partition coefficient (Wildman–Crippen LogP) is 5.73. The van der Waals surface area contributed by atoms with Crippen molar-refractivity contribution in [3.63, 3.8) is 0 Å². The molecule has 1 fully saturated rings. The summed E-state index contributed by atoms with van der Waals surface area (Å²) in [6.45, 7) is 7.85. The van der Waals surface area contributed by atoms with E-state index in [4.69, 9.17) is 0 Å². The van der Waals surface area contributed by atoms with Gasteiger partial charge in [0.15, 0.2) is 9.84 Å². The molecule has 0 bridgehead atoms. The van der Waals surface area contributed by atoms with Gasteiger partial charge in [0.1, 0.15) is 5.25 Å². The van der Waals surface area contributed by atoms with Gasteiger partial charge in [-0.2, -0.15) is 0 Å². The van der Waals surface area contributed by atoms with Crippen LogP contribution >= 0.6 is 0 Å². The van der Waals surface area contributed by atoms with E-state index in [0.29, 0.717) is 44.2 Å². The number of nitrogens with zero attached hydrogens (tertiary/aromatic N) is 2. The highest BCUT2D eigenvalue weighted by atomic mass is 32.2. The summed E-state index contributed by atoms with van der Waals surface area (Å²) in [5, 5.41) is -1.43. The molecule has 1 aliphatic heterocycles. The molecule has 0 N–H and O–H groups in total. The maximum absolute atomic E-state index is 14.4. The Morgan fingerprint density at radius 1 is 1.08 bits per heavy atom. The number of benzene rings is 1. The van der Waals surface area contributed by atoms with Gasteiger partial charge >= 0.3 is 0 Å². The van der Waals surface area contributed by atoms with Crippen molar-refractivity contribution in [3.05, 3.63) is 66.0 Å². The van der Waals surface area contributed by atoms with Crippen LogP contribution in [0.25, 0.3) is 0 Å². The average molecular weight is 527 g/mol. The molecule has 37 heavy (non-hydrogen) atoms. The minimum atomic E-state index is -3.69. The van der Waals surface area contributed by atoms with E-state index in [0.717, 1.165) is 19.3 Å². The number of sulfone groups is 1. The Hall–Kier alpha value is -2.54. The zero-order chi connectivity index (χ0) is 27.1. The smallest absolute Gasteiger partial charge is 0.290 e. The Balaban J connectivity index is 1.93. The van der Waals surface area contributed by atoms with E-state index in [2.05, 4.69) is 17.1 Å². The summed E-state index contributed by atoms with van der Waals surface area (Å²) in [6.07, 6.45) is 8.47. The second kappa shape index (κ2) is 12.8. The Morgan fingerprint density at radius 3 is 2.43 bits per heavy atom. The van der Waals surface area contributed by atoms with Gasteiger partial charge in [-0.25, -0.2) is 8.42 Å². The normalized spacial score (nSPS) is 17.9. The first-order valence-corrected chi connectivity index (χ1v) is 15.3. The summed E-state index contributed by atoms with van der Waals surface area (Å²) >= 11 is 0. The van der Waals surface area contributed by atoms with E-state index < -0.39 is 43.5 Å². The second-order valence-electron chi connectivity index (χ2n) is 10.9. The second-order valence-corrected chi connectivity index (χ2v) is 13.2. The maximum Gasteiger partial charge on any atom is 0.290 e. The average Bonchev–Trinajstić information content (AvgIpc) is 3.37. The van der Waals surface area contributed by atoms with Crippen molar-refractivity contribution in [1.82, 2.24) is 9.88 Å². The van der Waals surface area contributed by atoms with Crippen LogP contribution in [0.2, 0.25) is 0 Å². The molecule has 2 aromatic rings. The highest BCUT2D eigenvalue weighted by molar-refractivity contribution is 7.92. The molecule has 0 spiro atoms. The predicted molar refractivity (Wildman–Crippen MR) is 148 cm³/mol. The molecule has 1 saturated heterocycles. The van der Waals surface area contributed by atoms with Crippen LogP contribution in [0, 0.1) is 5.41 Å². The minimum absolute atomic E-state index is 0.397. The van der Waals surface area contributed by atoms with Crippen LogP contribution in [-0.4, -0.2) is 47.8 Å². The first kappa shape index (κ1) is 29.0. The third kappa shape index (κ3) is 6.86. The van der Waals surface area contributed by atoms with E-state index >= 15 is 0 Å². The molecule has 3 atom stereocenters. The zero-order valence-electron chi connectivity index (χ0n) is 22.7. The highest BCUT2D eigenvalue weighted by Crippen LogP contribution is 2.40. The Bertz CT molecular complexity index is 1130. The third-order valence-corrected chi connectivity index (χ3v) is 10.6. The number of carbonyl (C=O) groups is 2. The van der Waals surface area contributed by atoms with Crippen LogP contribution in [-0.2, 0) is 25.8 Å². The fraction of sp³-hybridized carbons (Fsp3) is 0.567. The van der Waals surface area contributed by atoms with Gasteiger partial charge in [-0.3, -0.25) is 14.6 Å². The third-order valence-electron chi connectivity index (χ3n) is 7.88. The molecule has 202 valence electrons. The van der Waals surface area contributed by atoms with E-state index in [1.54, 1.807) is 43.3 Å². The number of likely N-dealkylation sites (tertiary alicyclic amines) is 1. The minimum Gasteiger partial charge on any atom is -0.331 e. The lowest BCUT2D eigenvalue weighted by molar-refractivity contribution is -0.149. The van der Waals surface area contributed by atoms with Crippen molar-refractivity contribution >= 4 is 21.5 Å². The molecule has 1 amide bonds. The number of ketones is 1. The Kier molecular flexibility index (Phi) is 10.0. The van der Waals surface area contributed by atoms with Crippen molar-refractivity contribution in [2.45, 2.75) is 95.6 Å². The molecule has 0 aliphatic carbocycles. The lowest BCUT2D eigenvalue weighted by atomic mass is 9.84. The van der Waals surface area contributed by atoms with E-state index in [1.165, 1.54) is 5.56 Å². The van der Waals surface area contributed by atoms with Gasteiger partial charge in [0.25, 0.3) is 5.91 Å². The van der Waals surface area contributed by atoms with Crippen LogP contribution < -0.4 is 0 Å². The van der Waals surface area contributed by atoms with Crippen molar-refractivity contribution in [3.8, 4) is 0 Å². The standard InChI is InChI=1S/C30H42N2O4S/c1-5-13-25(18-10-16-23-14-8-7-9-15-23)37(35,36)27(24-17-11-20-31-22-24)26-19-12-21-32(26)29(34)28(33)30(3,4)6-2/h7-9,11,14-15,17,20,22,25-27H,5-6,10,12-13,16,18-19,21H2,1-4H3/t25-,26+,27?/m1/s1. The number of rotatable bonds is 13. The van der Waals surface area contributed by atoms with Gasteiger partial charge in [-0.15, -0.1) is 0 Å². The summed E-state index contributed by atoms with van der Waals surface area (Å²) in [5.74, 6) is -1.01. The molecular formula is C30H42N2O4S. The lowest BCUT2D eigenvalue weighted by Crippen LogP contribution is -2.48. The summed E-state index contributed by atoms with van der Waals surface area (Å²) in [5.41, 5.74) is 1.01. The van der Waals surface area contributed by atoms with Gasteiger partial charge < -0.3 is 4.90 Å². The first-order valence-electron chi connectivity index (χ1n) is 13.7. The van der Waals surface area contributed by atoms with E-state index in [-0.39, 0.29) is 0 Å². The lowest BCUT2D eigenvalue weighted by Gasteiger charge is -2.35. The van der Waals surface area contributed by atoms with Gasteiger partial charge in [0, 0.05) is 24.4 Å². The number of Topliss-reactive ketones (excluding diaryl/α,β-unsaturated/α-hetero) is 1. The van der Waals surface area contributed by atoms with Crippen LogP contribution in [0.15, 0.2) is 54.9 Å². The van der Waals surface area contributed by atoms with Crippen LogP contribution in [0.3, 0.4) is 0 Å². The zero-order valence-corrected chi connectivity index (χ0v) is 23.5. The Labute approximate surface area is 222 Å². The molecule has 1 aromatic carbocycles. The number of pyridine rings is 1. The molecule has 1 aromatic heterocycles. The molecule has 2 heterocycles. The SMILES string of the molecule is CCC[C@H](CCCc1ccccc1)S(=O)(=O)C(c1cccnc1)[C@@H]1CCCN1C(=O)C(=O)C(C)(C)CC. The molecule has 3 rings (SSSR count). The van der Waals surface area contributed by atoms with Crippen molar-refractivity contribution in [2.75, 3.05) is 6.54 Å². The van der Waals surface area contributed by atoms with Gasteiger partial charge in [0.2, 0.25) is 5.78 Å². The fourth-order valence-electron chi connectivity index (χ4n) is 5.30. The largest absolute Gasteiger partial charge is 0.331 e. The summed E-state index contributed by atoms with van der Waals surface area (Å²) in [4.78, 5) is 32.3. The number of carbonyl (C=O) groups excluding carboxylic acids is 2. The molecule has 7 heteroatoms. The molecule has 1 unspecified atom stereocenters. The van der Waals surface area contributed by atoms with Crippen molar-refractivity contribution in [1.29, 1.82) is 0 Å². The monoisotopic (exact) mass is 526 g/mol. The Morgan fingerprint density at radius 2 is 1.81 bits per heavy atom. The summed E-state index contributed by atoms with van der Waals surface area (Å²) < 4.78 is 28.8. The molecule has 1 aliphatic rings. The number of aromatic nitrogens is 1. The number of aryl methyl sites for hydroxylation is 1. The van der Waals surface area contributed by atoms with E-state index in [9.17, 15) is 18.0 Å². The topological polar surface area (TPSA) is 84.4 Å².